The Morgan fingerprint density at radius 1 is 0.938 bits per heavy atom. The lowest BCUT2D eigenvalue weighted by Crippen LogP contribution is -2.31. The van der Waals surface area contributed by atoms with Crippen molar-refractivity contribution in [3.63, 3.8) is 0 Å². The molecule has 0 unspecified atom stereocenters. The van der Waals surface area contributed by atoms with Crippen molar-refractivity contribution < 1.29 is 18.6 Å². The number of nitrogens with two attached hydrogens (primary N) is 1. The van der Waals surface area contributed by atoms with Gasteiger partial charge in [-0.05, 0) is 48.0 Å². The van der Waals surface area contributed by atoms with Crippen molar-refractivity contribution in [2.45, 2.75) is 5.54 Å². The maximum absolute atomic E-state index is 6.27. The third-order valence-corrected chi connectivity index (χ3v) is 5.86. The zero-order valence-corrected chi connectivity index (χ0v) is 17.2. The predicted octanol–water partition coefficient (Wildman–Crippen LogP) is 4.71. The minimum Gasteiger partial charge on any atom is -0.468 e. The Hall–Kier alpha value is -4.26. The molecular weight excluding hydrogens is 406 g/mol. The Kier molecular flexibility index (Phi) is 3.98. The molecular formula is C25H19N3O4. The molecule has 32 heavy (non-hydrogen) atoms. The zero-order chi connectivity index (χ0) is 21.7. The van der Waals surface area contributed by atoms with E-state index in [0.717, 1.165) is 33.6 Å². The summed E-state index contributed by atoms with van der Waals surface area (Å²) < 4.78 is 22.9. The quantitative estimate of drug-likeness (QED) is 0.511. The fraction of sp³-hybridized carbons (Fsp3) is 0.120. The van der Waals surface area contributed by atoms with E-state index < -0.39 is 5.54 Å². The van der Waals surface area contributed by atoms with Gasteiger partial charge in [-0.2, -0.15) is 0 Å². The molecule has 2 aliphatic rings. The number of amidine groups is 1. The molecule has 7 nitrogen and oxygen atoms in total. The number of hydrogen-bond acceptors (Lipinski definition) is 7. The lowest BCUT2D eigenvalue weighted by Gasteiger charge is -2.34. The molecule has 6 rings (SSSR count). The van der Waals surface area contributed by atoms with Crippen molar-refractivity contribution in [3.05, 3.63) is 84.2 Å². The smallest absolute Gasteiger partial charge is 0.284 e. The first-order valence-corrected chi connectivity index (χ1v) is 10.2. The molecule has 158 valence electrons. The van der Waals surface area contributed by atoms with E-state index in [1.165, 1.54) is 0 Å². The minimum atomic E-state index is -0.822. The van der Waals surface area contributed by atoms with E-state index >= 15 is 0 Å². The summed E-state index contributed by atoms with van der Waals surface area (Å²) in [6.07, 6.45) is 3.58. The Balaban J connectivity index is 1.54. The number of hydrogen-bond donors (Lipinski definition) is 1. The van der Waals surface area contributed by atoms with E-state index in [-0.39, 0.29) is 12.6 Å². The number of aliphatic imine (C=N–C) groups is 1. The van der Waals surface area contributed by atoms with Crippen LogP contribution in [0.15, 0.2) is 82.5 Å². The monoisotopic (exact) mass is 425 g/mol. The first-order valence-electron chi connectivity index (χ1n) is 10.2. The number of pyridine rings is 1. The second-order valence-corrected chi connectivity index (χ2v) is 7.69. The van der Waals surface area contributed by atoms with Crippen LogP contribution in [0.4, 0.5) is 0 Å². The number of aromatic nitrogens is 1. The highest BCUT2D eigenvalue weighted by Gasteiger charge is 2.47. The third kappa shape index (κ3) is 2.75. The van der Waals surface area contributed by atoms with Crippen LogP contribution in [-0.2, 0) is 10.3 Å². The molecule has 0 aliphatic carbocycles. The van der Waals surface area contributed by atoms with Gasteiger partial charge in [-0.3, -0.25) is 4.98 Å². The molecule has 4 heterocycles. The average Bonchev–Trinajstić information content (AvgIpc) is 3.47. The minimum absolute atomic E-state index is 0.153. The molecule has 1 atom stereocenters. The first kappa shape index (κ1) is 18.5. The number of rotatable bonds is 3. The van der Waals surface area contributed by atoms with Gasteiger partial charge in [-0.25, -0.2) is 4.99 Å². The van der Waals surface area contributed by atoms with Crippen LogP contribution in [0, 0.1) is 0 Å². The summed E-state index contributed by atoms with van der Waals surface area (Å²) in [5, 5.41) is 0. The van der Waals surface area contributed by atoms with Crippen molar-refractivity contribution in [1.29, 1.82) is 0 Å². The Morgan fingerprint density at radius 2 is 1.72 bits per heavy atom. The highest BCUT2D eigenvalue weighted by molar-refractivity contribution is 5.78. The summed E-state index contributed by atoms with van der Waals surface area (Å²) in [5.74, 6) is 2.56. The number of nitrogens with zero attached hydrogens (tertiary/aromatic N) is 2. The zero-order valence-electron chi connectivity index (χ0n) is 17.2. The van der Waals surface area contributed by atoms with Gasteiger partial charge >= 0.3 is 0 Å². The van der Waals surface area contributed by atoms with Crippen LogP contribution >= 0.6 is 0 Å². The molecule has 0 fully saturated rings. The maximum atomic E-state index is 6.27. The molecule has 7 heteroatoms. The fourth-order valence-corrected chi connectivity index (χ4v) is 4.31. The SMILES string of the molecule is COc1ccc(-c2ccc3c(c2)[C@]2(COC(N)=N2)c2cc(-c4cccnc4)ccc2O3)o1. The predicted molar refractivity (Wildman–Crippen MR) is 119 cm³/mol. The maximum Gasteiger partial charge on any atom is 0.284 e. The average molecular weight is 425 g/mol. The van der Waals surface area contributed by atoms with Gasteiger partial charge in [-0.15, -0.1) is 0 Å². The van der Waals surface area contributed by atoms with Crippen molar-refractivity contribution >= 4 is 6.02 Å². The van der Waals surface area contributed by atoms with Crippen LogP contribution in [0.25, 0.3) is 22.5 Å². The first-order chi connectivity index (χ1) is 15.7. The molecule has 0 saturated heterocycles. The van der Waals surface area contributed by atoms with Crippen LogP contribution in [-0.4, -0.2) is 24.7 Å². The van der Waals surface area contributed by atoms with Gasteiger partial charge in [0.1, 0.15) is 23.9 Å². The van der Waals surface area contributed by atoms with Gasteiger partial charge in [0, 0.05) is 40.7 Å². The largest absolute Gasteiger partial charge is 0.468 e. The summed E-state index contributed by atoms with van der Waals surface area (Å²) in [6, 6.07) is 19.7. The molecule has 2 N–H and O–H groups in total. The normalized spacial score (nSPS) is 18.3. The molecule has 2 aromatic heterocycles. The van der Waals surface area contributed by atoms with Crippen molar-refractivity contribution in [3.8, 4) is 39.9 Å². The molecule has 2 aromatic carbocycles. The van der Waals surface area contributed by atoms with Crippen LogP contribution in [0.1, 0.15) is 11.1 Å². The highest BCUT2D eigenvalue weighted by atomic mass is 16.6. The van der Waals surface area contributed by atoms with Crippen LogP contribution < -0.4 is 15.2 Å². The van der Waals surface area contributed by atoms with Crippen LogP contribution in [0.2, 0.25) is 0 Å². The molecule has 0 bridgehead atoms. The number of benzene rings is 2. The Morgan fingerprint density at radius 3 is 2.38 bits per heavy atom. The molecule has 1 spiro atoms. The van der Waals surface area contributed by atoms with Crippen LogP contribution in [0.3, 0.4) is 0 Å². The van der Waals surface area contributed by atoms with E-state index in [1.807, 2.05) is 54.7 Å². The lowest BCUT2D eigenvalue weighted by molar-refractivity contribution is 0.264. The fourth-order valence-electron chi connectivity index (χ4n) is 4.31. The van der Waals surface area contributed by atoms with Gasteiger partial charge in [0.05, 0.1) is 7.11 Å². The van der Waals surface area contributed by atoms with Gasteiger partial charge in [-0.1, -0.05) is 12.1 Å². The summed E-state index contributed by atoms with van der Waals surface area (Å²) in [4.78, 5) is 9.01. The number of fused-ring (bicyclic) bond motifs is 4. The number of ether oxygens (including phenoxy) is 3. The van der Waals surface area contributed by atoms with Crippen molar-refractivity contribution in [1.82, 2.24) is 4.98 Å². The van der Waals surface area contributed by atoms with Gasteiger partial charge in [0.2, 0.25) is 0 Å². The molecule has 0 saturated carbocycles. The number of furan rings is 1. The van der Waals surface area contributed by atoms with E-state index in [2.05, 4.69) is 11.1 Å². The van der Waals surface area contributed by atoms with E-state index in [9.17, 15) is 0 Å². The van der Waals surface area contributed by atoms with Crippen molar-refractivity contribution in [2.75, 3.05) is 13.7 Å². The second-order valence-electron chi connectivity index (χ2n) is 7.69. The molecule has 2 aliphatic heterocycles. The van der Waals surface area contributed by atoms with E-state index in [1.54, 1.807) is 19.4 Å². The third-order valence-electron chi connectivity index (χ3n) is 5.86. The summed E-state index contributed by atoms with van der Waals surface area (Å²) >= 11 is 0. The second kappa shape index (κ2) is 6.88. The molecule has 0 radical (unpaired) electrons. The molecule has 4 aromatic rings. The summed E-state index contributed by atoms with van der Waals surface area (Å²) in [6.45, 7) is 0.281. The van der Waals surface area contributed by atoms with Crippen LogP contribution in [0.5, 0.6) is 17.4 Å². The highest BCUT2D eigenvalue weighted by Crippen LogP contribution is 2.52. The topological polar surface area (TPSA) is 92.1 Å². The standard InChI is InChI=1S/C25H19N3O4/c1-29-23-9-8-20(32-23)16-5-7-22-19(12-16)25(14-30-24(26)28-25)18-11-15(4-6-21(18)31-22)17-3-2-10-27-13-17/h2-13H,14H2,1H3,(H2,26,28)/t25-/m0/s1. The number of methoxy groups -OCH3 is 1. The van der Waals surface area contributed by atoms with Gasteiger partial charge in [0.25, 0.3) is 12.0 Å². The summed E-state index contributed by atoms with van der Waals surface area (Å²) in [7, 11) is 1.57. The lowest BCUT2D eigenvalue weighted by atomic mass is 9.79. The van der Waals surface area contributed by atoms with E-state index in [4.69, 9.17) is 29.4 Å². The van der Waals surface area contributed by atoms with Gasteiger partial charge in [0.15, 0.2) is 5.54 Å². The Bertz CT molecular complexity index is 1360. The summed E-state index contributed by atoms with van der Waals surface area (Å²) in [5.41, 5.74) is 9.84. The van der Waals surface area contributed by atoms with Crippen molar-refractivity contribution in [2.24, 2.45) is 10.7 Å². The van der Waals surface area contributed by atoms with E-state index in [0.29, 0.717) is 17.5 Å². The van der Waals surface area contributed by atoms with Gasteiger partial charge < -0.3 is 24.4 Å². The molecule has 0 amide bonds. The Labute approximate surface area is 184 Å².